The first-order valence-corrected chi connectivity index (χ1v) is 15.6. The molecule has 44 heavy (non-hydrogen) atoms. The predicted octanol–water partition coefficient (Wildman–Crippen LogP) is 6.64. The molecule has 4 aromatic carbocycles. The van der Waals surface area contributed by atoms with Crippen LogP contribution in [0.1, 0.15) is 51.5 Å². The van der Waals surface area contributed by atoms with Crippen molar-refractivity contribution in [2.75, 3.05) is 52.5 Å². The summed E-state index contributed by atoms with van der Waals surface area (Å²) in [5.41, 5.74) is 4.45. The Hall–Kier alpha value is -3.81. The molecule has 0 radical (unpaired) electrons. The number of benzene rings is 4. The lowest BCUT2D eigenvalue weighted by Gasteiger charge is -2.39. The summed E-state index contributed by atoms with van der Waals surface area (Å²) < 4.78 is 11.3. The van der Waals surface area contributed by atoms with Crippen molar-refractivity contribution in [3.05, 3.63) is 142 Å². The lowest BCUT2D eigenvalue weighted by molar-refractivity contribution is -0.146. The molecule has 0 aromatic heterocycles. The standard InChI is InChI=1S/C37H39ClN2O4/c1-28(32-13-8-14-33(27-32)36(41)31-11-6-3-7-12-31)37(42)44-26-25-43-24-23-39-19-21-40(22-20-39)35(29-9-4-2-5-10-29)30-15-17-34(38)18-16-30/h2-18,27-28,35H,19-26H2,1H3/t28-,35+/m0/s1. The molecule has 0 aliphatic carbocycles. The van der Waals surface area contributed by atoms with E-state index < -0.39 is 5.92 Å². The number of carbonyl (C=O) groups excluding carboxylic acids is 2. The van der Waals surface area contributed by atoms with Crippen LogP contribution in [-0.4, -0.2) is 74.1 Å². The Bertz CT molecular complexity index is 1490. The maximum absolute atomic E-state index is 12.8. The quantitative estimate of drug-likeness (QED) is 0.0961. The van der Waals surface area contributed by atoms with Gasteiger partial charge in [0.05, 0.1) is 25.2 Å². The monoisotopic (exact) mass is 610 g/mol. The highest BCUT2D eigenvalue weighted by molar-refractivity contribution is 6.30. The number of rotatable bonds is 13. The van der Waals surface area contributed by atoms with Gasteiger partial charge in [0, 0.05) is 48.9 Å². The van der Waals surface area contributed by atoms with Crippen molar-refractivity contribution in [3.63, 3.8) is 0 Å². The molecular weight excluding hydrogens is 572 g/mol. The van der Waals surface area contributed by atoms with Gasteiger partial charge in [-0.05, 0) is 41.8 Å². The van der Waals surface area contributed by atoms with Crippen molar-refractivity contribution in [2.45, 2.75) is 18.9 Å². The molecular formula is C37H39ClN2O4. The molecule has 0 amide bonds. The topological polar surface area (TPSA) is 59.1 Å². The van der Waals surface area contributed by atoms with Crippen molar-refractivity contribution in [1.82, 2.24) is 9.80 Å². The van der Waals surface area contributed by atoms with E-state index in [1.807, 2.05) is 36.4 Å². The molecule has 1 fully saturated rings. The molecule has 1 aliphatic rings. The van der Waals surface area contributed by atoms with E-state index in [0.717, 1.165) is 43.3 Å². The van der Waals surface area contributed by atoms with Crippen LogP contribution in [0.4, 0.5) is 0 Å². The fourth-order valence-corrected chi connectivity index (χ4v) is 5.73. The van der Waals surface area contributed by atoms with Gasteiger partial charge in [-0.3, -0.25) is 19.4 Å². The fourth-order valence-electron chi connectivity index (χ4n) is 5.60. The van der Waals surface area contributed by atoms with Crippen molar-refractivity contribution in [2.24, 2.45) is 0 Å². The summed E-state index contributed by atoms with van der Waals surface area (Å²) in [6.45, 7) is 7.57. The van der Waals surface area contributed by atoms with Gasteiger partial charge >= 0.3 is 5.97 Å². The number of hydrogen-bond donors (Lipinski definition) is 0. The first-order chi connectivity index (χ1) is 21.5. The summed E-state index contributed by atoms with van der Waals surface area (Å²) in [7, 11) is 0. The summed E-state index contributed by atoms with van der Waals surface area (Å²) in [6.07, 6.45) is 0. The van der Waals surface area contributed by atoms with E-state index in [-0.39, 0.29) is 24.4 Å². The van der Waals surface area contributed by atoms with E-state index in [1.165, 1.54) is 11.1 Å². The third kappa shape index (κ3) is 8.42. The van der Waals surface area contributed by atoms with Gasteiger partial charge in [-0.15, -0.1) is 0 Å². The number of piperazine rings is 1. The van der Waals surface area contributed by atoms with E-state index >= 15 is 0 Å². The number of esters is 1. The number of nitrogens with zero attached hydrogens (tertiary/aromatic N) is 2. The van der Waals surface area contributed by atoms with E-state index in [4.69, 9.17) is 21.1 Å². The van der Waals surface area contributed by atoms with Crippen LogP contribution in [0.3, 0.4) is 0 Å². The van der Waals surface area contributed by atoms with Gasteiger partial charge in [0.2, 0.25) is 0 Å². The Balaban J connectivity index is 1.02. The summed E-state index contributed by atoms with van der Waals surface area (Å²) in [5, 5.41) is 0.747. The van der Waals surface area contributed by atoms with Crippen LogP contribution >= 0.6 is 11.6 Å². The highest BCUT2D eigenvalue weighted by Crippen LogP contribution is 2.30. The van der Waals surface area contributed by atoms with Gasteiger partial charge in [-0.2, -0.15) is 0 Å². The molecule has 5 rings (SSSR count). The SMILES string of the molecule is C[C@H](C(=O)OCCOCCN1CCN([C@H](c2ccccc2)c2ccc(Cl)cc2)CC1)c1cccc(C(=O)c2ccccc2)c1. The van der Waals surface area contributed by atoms with Gasteiger partial charge < -0.3 is 9.47 Å². The minimum absolute atomic E-state index is 0.0691. The minimum atomic E-state index is -0.484. The first-order valence-electron chi connectivity index (χ1n) is 15.2. The largest absolute Gasteiger partial charge is 0.463 e. The van der Waals surface area contributed by atoms with Gasteiger partial charge in [-0.1, -0.05) is 103 Å². The lowest BCUT2D eigenvalue weighted by atomic mass is 9.96. The van der Waals surface area contributed by atoms with Gasteiger partial charge in [0.15, 0.2) is 5.78 Å². The van der Waals surface area contributed by atoms with E-state index in [9.17, 15) is 9.59 Å². The van der Waals surface area contributed by atoms with Crippen molar-refractivity contribution in [3.8, 4) is 0 Å². The number of ketones is 1. The van der Waals surface area contributed by atoms with Crippen LogP contribution in [0.25, 0.3) is 0 Å². The molecule has 1 heterocycles. The van der Waals surface area contributed by atoms with Crippen LogP contribution in [-0.2, 0) is 14.3 Å². The van der Waals surface area contributed by atoms with Crippen molar-refractivity contribution in [1.29, 1.82) is 0 Å². The smallest absolute Gasteiger partial charge is 0.313 e. The van der Waals surface area contributed by atoms with Crippen LogP contribution in [0.15, 0.2) is 109 Å². The molecule has 4 aromatic rings. The molecule has 0 N–H and O–H groups in total. The van der Waals surface area contributed by atoms with Crippen LogP contribution in [0.5, 0.6) is 0 Å². The Labute approximate surface area is 265 Å². The average molecular weight is 611 g/mol. The third-order valence-electron chi connectivity index (χ3n) is 8.14. The summed E-state index contributed by atoms with van der Waals surface area (Å²) in [4.78, 5) is 30.5. The van der Waals surface area contributed by atoms with Gasteiger partial charge in [0.25, 0.3) is 0 Å². The Kier molecular flexibility index (Phi) is 11.3. The van der Waals surface area contributed by atoms with Crippen LogP contribution in [0, 0.1) is 0 Å². The highest BCUT2D eigenvalue weighted by atomic mass is 35.5. The molecule has 228 valence electrons. The zero-order valence-electron chi connectivity index (χ0n) is 25.1. The van der Waals surface area contributed by atoms with Crippen molar-refractivity contribution >= 4 is 23.4 Å². The van der Waals surface area contributed by atoms with E-state index in [1.54, 1.807) is 37.3 Å². The molecule has 6 nitrogen and oxygen atoms in total. The highest BCUT2D eigenvalue weighted by Gasteiger charge is 2.26. The van der Waals surface area contributed by atoms with E-state index in [0.29, 0.717) is 24.3 Å². The molecule has 2 atom stereocenters. The van der Waals surface area contributed by atoms with Crippen LogP contribution < -0.4 is 0 Å². The lowest BCUT2D eigenvalue weighted by Crippen LogP contribution is -2.48. The fraction of sp³-hybridized carbons (Fsp3) is 0.297. The second-order valence-corrected chi connectivity index (χ2v) is 11.5. The molecule has 0 bridgehead atoms. The Morgan fingerprint density at radius 1 is 0.705 bits per heavy atom. The molecule has 0 saturated carbocycles. The normalized spacial score (nSPS) is 15.4. The van der Waals surface area contributed by atoms with Crippen LogP contribution in [0.2, 0.25) is 5.02 Å². The third-order valence-corrected chi connectivity index (χ3v) is 8.39. The number of ether oxygens (including phenoxy) is 2. The van der Waals surface area contributed by atoms with E-state index in [2.05, 4.69) is 52.3 Å². The molecule has 0 unspecified atom stereocenters. The Morgan fingerprint density at radius 2 is 1.32 bits per heavy atom. The van der Waals surface area contributed by atoms with Gasteiger partial charge in [0.1, 0.15) is 6.61 Å². The first kappa shape index (κ1) is 31.6. The number of halogens is 1. The molecule has 0 spiro atoms. The maximum Gasteiger partial charge on any atom is 0.313 e. The summed E-state index contributed by atoms with van der Waals surface area (Å²) in [5.74, 6) is -0.884. The molecule has 1 saturated heterocycles. The van der Waals surface area contributed by atoms with Crippen molar-refractivity contribution < 1.29 is 19.1 Å². The minimum Gasteiger partial charge on any atom is -0.463 e. The molecule has 7 heteroatoms. The number of carbonyl (C=O) groups is 2. The zero-order chi connectivity index (χ0) is 30.7. The molecule has 1 aliphatic heterocycles. The summed E-state index contributed by atoms with van der Waals surface area (Å²) >= 11 is 6.17. The second kappa shape index (κ2) is 15.8. The Morgan fingerprint density at radius 3 is 2.02 bits per heavy atom. The summed E-state index contributed by atoms with van der Waals surface area (Å²) in [6, 6.07) is 35.3. The number of hydrogen-bond acceptors (Lipinski definition) is 6. The zero-order valence-corrected chi connectivity index (χ0v) is 25.9. The maximum atomic E-state index is 12.8. The predicted molar refractivity (Wildman–Crippen MR) is 174 cm³/mol. The van der Waals surface area contributed by atoms with Gasteiger partial charge in [-0.25, -0.2) is 0 Å². The average Bonchev–Trinajstić information content (AvgIpc) is 3.08. The second-order valence-electron chi connectivity index (χ2n) is 11.1.